The van der Waals surface area contributed by atoms with Gasteiger partial charge in [0.15, 0.2) is 5.16 Å². The SMILES string of the molecule is CCOC(=O)C1CCN(C(=O)CSc2nc3ccccc3c(=O)n2-c2ccc(CC)cc2)CC1. The molecule has 0 bridgehead atoms. The first-order valence-electron chi connectivity index (χ1n) is 11.7. The number of aryl methyl sites for hydroxylation is 1. The van der Waals surface area contributed by atoms with Crippen molar-refractivity contribution in [3.05, 3.63) is 64.4 Å². The van der Waals surface area contributed by atoms with Crippen molar-refractivity contribution in [2.45, 2.75) is 38.3 Å². The van der Waals surface area contributed by atoms with Gasteiger partial charge in [-0.05, 0) is 56.0 Å². The fraction of sp³-hybridized carbons (Fsp3) is 0.385. The summed E-state index contributed by atoms with van der Waals surface area (Å²) in [6.45, 7) is 5.31. The summed E-state index contributed by atoms with van der Waals surface area (Å²) >= 11 is 1.27. The number of amides is 1. The lowest BCUT2D eigenvalue weighted by Gasteiger charge is -2.30. The zero-order chi connectivity index (χ0) is 24.1. The van der Waals surface area contributed by atoms with Gasteiger partial charge in [-0.25, -0.2) is 4.98 Å². The number of thioether (sulfide) groups is 1. The largest absolute Gasteiger partial charge is 0.466 e. The second kappa shape index (κ2) is 10.9. The Morgan fingerprint density at radius 3 is 2.44 bits per heavy atom. The molecule has 0 spiro atoms. The molecule has 1 aliphatic rings. The van der Waals surface area contributed by atoms with Crippen LogP contribution in [0.3, 0.4) is 0 Å². The molecule has 178 valence electrons. The van der Waals surface area contributed by atoms with E-state index in [1.54, 1.807) is 22.5 Å². The summed E-state index contributed by atoms with van der Waals surface area (Å²) in [5.74, 6) is -0.179. The lowest BCUT2D eigenvalue weighted by Crippen LogP contribution is -2.41. The van der Waals surface area contributed by atoms with Crippen LogP contribution in [-0.4, -0.2) is 51.8 Å². The summed E-state index contributed by atoms with van der Waals surface area (Å²) in [7, 11) is 0. The first-order valence-corrected chi connectivity index (χ1v) is 12.7. The van der Waals surface area contributed by atoms with Gasteiger partial charge < -0.3 is 9.64 Å². The number of benzene rings is 2. The molecule has 0 radical (unpaired) electrons. The summed E-state index contributed by atoms with van der Waals surface area (Å²) in [5.41, 5.74) is 2.37. The highest BCUT2D eigenvalue weighted by atomic mass is 32.2. The molecular formula is C26H29N3O4S. The Kier molecular flexibility index (Phi) is 7.67. The Labute approximate surface area is 203 Å². The van der Waals surface area contributed by atoms with Crippen molar-refractivity contribution in [1.82, 2.24) is 14.5 Å². The van der Waals surface area contributed by atoms with Gasteiger partial charge in [0.2, 0.25) is 5.91 Å². The number of esters is 1. The highest BCUT2D eigenvalue weighted by molar-refractivity contribution is 7.99. The summed E-state index contributed by atoms with van der Waals surface area (Å²) in [4.78, 5) is 44.8. The maximum atomic E-state index is 13.4. The van der Waals surface area contributed by atoms with Gasteiger partial charge in [-0.2, -0.15) is 0 Å². The van der Waals surface area contributed by atoms with Crippen molar-refractivity contribution in [1.29, 1.82) is 0 Å². The molecule has 2 aromatic carbocycles. The fourth-order valence-electron chi connectivity index (χ4n) is 4.16. The lowest BCUT2D eigenvalue weighted by molar-refractivity contribution is -0.151. The third kappa shape index (κ3) is 5.17. The third-order valence-corrected chi connectivity index (χ3v) is 7.06. The van der Waals surface area contributed by atoms with E-state index in [0.717, 1.165) is 12.1 Å². The number of aromatic nitrogens is 2. The molecule has 8 heteroatoms. The van der Waals surface area contributed by atoms with Crippen molar-refractivity contribution in [3.63, 3.8) is 0 Å². The fourth-order valence-corrected chi connectivity index (χ4v) is 5.08. The van der Waals surface area contributed by atoms with Gasteiger partial charge in [0.25, 0.3) is 5.56 Å². The molecule has 0 saturated carbocycles. The Balaban J connectivity index is 1.54. The van der Waals surface area contributed by atoms with Gasteiger partial charge in [-0.3, -0.25) is 19.0 Å². The van der Waals surface area contributed by atoms with E-state index in [9.17, 15) is 14.4 Å². The summed E-state index contributed by atoms with van der Waals surface area (Å²) < 4.78 is 6.70. The molecule has 3 aromatic rings. The van der Waals surface area contributed by atoms with Crippen molar-refractivity contribution >= 4 is 34.5 Å². The molecule has 2 heterocycles. The van der Waals surface area contributed by atoms with Crippen LogP contribution in [-0.2, 0) is 20.7 Å². The quantitative estimate of drug-likeness (QED) is 0.291. The predicted molar refractivity (Wildman–Crippen MR) is 133 cm³/mol. The van der Waals surface area contributed by atoms with Gasteiger partial charge in [0.05, 0.1) is 34.9 Å². The lowest BCUT2D eigenvalue weighted by atomic mass is 9.97. The second-order valence-corrected chi connectivity index (χ2v) is 9.21. The minimum atomic E-state index is -0.178. The van der Waals surface area contributed by atoms with E-state index in [2.05, 4.69) is 6.92 Å². The number of ether oxygens (including phenoxy) is 1. The molecule has 0 aliphatic carbocycles. The first-order chi connectivity index (χ1) is 16.5. The molecule has 34 heavy (non-hydrogen) atoms. The first kappa shape index (κ1) is 24.0. The Morgan fingerprint density at radius 2 is 1.76 bits per heavy atom. The Bertz CT molecular complexity index is 1230. The highest BCUT2D eigenvalue weighted by Gasteiger charge is 2.28. The smallest absolute Gasteiger partial charge is 0.309 e. The van der Waals surface area contributed by atoms with Crippen LogP contribution in [0.1, 0.15) is 32.3 Å². The van der Waals surface area contributed by atoms with Crippen molar-refractivity contribution in [2.75, 3.05) is 25.4 Å². The van der Waals surface area contributed by atoms with Crippen LogP contribution in [0.5, 0.6) is 0 Å². The molecule has 1 amide bonds. The normalized spacial score (nSPS) is 14.4. The van der Waals surface area contributed by atoms with Gasteiger partial charge in [-0.15, -0.1) is 0 Å². The van der Waals surface area contributed by atoms with Crippen LogP contribution in [0.4, 0.5) is 0 Å². The number of hydrogen-bond donors (Lipinski definition) is 0. The van der Waals surface area contributed by atoms with Crippen molar-refractivity contribution in [3.8, 4) is 5.69 Å². The predicted octanol–water partition coefficient (Wildman–Crippen LogP) is 3.84. The van der Waals surface area contributed by atoms with E-state index in [1.165, 1.54) is 17.3 Å². The summed E-state index contributed by atoms with van der Waals surface area (Å²) in [5, 5.41) is 1.03. The van der Waals surface area contributed by atoms with Crippen molar-refractivity contribution < 1.29 is 14.3 Å². The molecule has 4 rings (SSSR count). The Hall–Kier alpha value is -3.13. The summed E-state index contributed by atoms with van der Waals surface area (Å²) in [6, 6.07) is 15.1. The molecule has 1 saturated heterocycles. The molecule has 0 unspecified atom stereocenters. The topological polar surface area (TPSA) is 81.5 Å². The number of rotatable bonds is 7. The van der Waals surface area contributed by atoms with E-state index in [4.69, 9.17) is 9.72 Å². The van der Waals surface area contributed by atoms with Crippen LogP contribution < -0.4 is 5.56 Å². The van der Waals surface area contributed by atoms with Gasteiger partial charge in [-0.1, -0.05) is 43.0 Å². The van der Waals surface area contributed by atoms with E-state index in [0.29, 0.717) is 48.6 Å². The number of carbonyl (C=O) groups is 2. The number of piperidine rings is 1. The van der Waals surface area contributed by atoms with Crippen molar-refractivity contribution in [2.24, 2.45) is 5.92 Å². The van der Waals surface area contributed by atoms with E-state index >= 15 is 0 Å². The maximum absolute atomic E-state index is 13.4. The average Bonchev–Trinajstić information content (AvgIpc) is 2.88. The molecule has 1 fully saturated rings. The van der Waals surface area contributed by atoms with Gasteiger partial charge in [0.1, 0.15) is 0 Å². The Morgan fingerprint density at radius 1 is 1.06 bits per heavy atom. The number of carbonyl (C=O) groups excluding carboxylic acids is 2. The van der Waals surface area contributed by atoms with Crippen LogP contribution in [0.2, 0.25) is 0 Å². The molecule has 1 aliphatic heterocycles. The number of fused-ring (bicyclic) bond motifs is 1. The minimum Gasteiger partial charge on any atom is -0.466 e. The molecule has 1 aromatic heterocycles. The molecular weight excluding hydrogens is 450 g/mol. The third-order valence-electron chi connectivity index (χ3n) is 6.14. The molecule has 0 atom stereocenters. The number of nitrogens with zero attached hydrogens (tertiary/aromatic N) is 3. The number of para-hydroxylation sites is 1. The molecule has 7 nitrogen and oxygen atoms in total. The number of hydrogen-bond acceptors (Lipinski definition) is 6. The van der Waals surface area contributed by atoms with Crippen LogP contribution in [0.25, 0.3) is 16.6 Å². The van der Waals surface area contributed by atoms with E-state index in [-0.39, 0.29) is 29.1 Å². The van der Waals surface area contributed by atoms with Gasteiger partial charge in [0, 0.05) is 13.1 Å². The highest BCUT2D eigenvalue weighted by Crippen LogP contribution is 2.24. The van der Waals surface area contributed by atoms with E-state index in [1.807, 2.05) is 42.5 Å². The second-order valence-electron chi connectivity index (χ2n) is 8.27. The summed E-state index contributed by atoms with van der Waals surface area (Å²) in [6.07, 6.45) is 2.13. The average molecular weight is 480 g/mol. The standard InChI is InChI=1S/C26H29N3O4S/c1-3-18-9-11-20(12-10-18)29-24(31)21-7-5-6-8-22(21)27-26(29)34-17-23(30)28-15-13-19(14-16-28)25(32)33-4-2/h5-12,19H,3-4,13-17H2,1-2H3. The molecule has 0 N–H and O–H groups in total. The van der Waals surface area contributed by atoms with Crippen LogP contribution in [0.15, 0.2) is 58.5 Å². The minimum absolute atomic E-state index is 0.0254. The number of likely N-dealkylation sites (tertiary alicyclic amines) is 1. The van der Waals surface area contributed by atoms with Crippen LogP contribution in [0, 0.1) is 5.92 Å². The van der Waals surface area contributed by atoms with E-state index < -0.39 is 0 Å². The van der Waals surface area contributed by atoms with Gasteiger partial charge >= 0.3 is 5.97 Å². The maximum Gasteiger partial charge on any atom is 0.309 e. The zero-order valence-electron chi connectivity index (χ0n) is 19.5. The monoisotopic (exact) mass is 479 g/mol. The van der Waals surface area contributed by atoms with Crippen LogP contribution >= 0.6 is 11.8 Å². The zero-order valence-corrected chi connectivity index (χ0v) is 20.3.